The summed E-state index contributed by atoms with van der Waals surface area (Å²) in [4.78, 5) is 46.9. The van der Waals surface area contributed by atoms with Gasteiger partial charge in [0.05, 0.1) is 0 Å². The predicted octanol–water partition coefficient (Wildman–Crippen LogP) is 1.85. The van der Waals surface area contributed by atoms with E-state index in [9.17, 15) is 14.4 Å². The van der Waals surface area contributed by atoms with Crippen molar-refractivity contribution in [2.45, 2.75) is 20.8 Å². The molecule has 0 radical (unpaired) electrons. The molecule has 21 heavy (non-hydrogen) atoms. The number of carbonyl (C=O) groups excluding carboxylic acids is 3. The van der Waals surface area contributed by atoms with Crippen LogP contribution in [0.2, 0.25) is 0 Å². The van der Waals surface area contributed by atoms with Crippen molar-refractivity contribution in [3.05, 3.63) is 16.7 Å². The summed E-state index contributed by atoms with van der Waals surface area (Å²) in [5.74, 6) is -4.48. The Kier molecular flexibility index (Phi) is 4.97. The molecule has 9 heteroatoms. The molecule has 3 N–H and O–H groups in total. The summed E-state index contributed by atoms with van der Waals surface area (Å²) in [7, 11) is 0. The number of ketones is 3. The van der Waals surface area contributed by atoms with Crippen molar-refractivity contribution < 1.29 is 44.8 Å². The van der Waals surface area contributed by atoms with Crippen molar-refractivity contribution in [1.82, 2.24) is 0 Å². The van der Waals surface area contributed by atoms with Crippen LogP contribution in [0.1, 0.15) is 51.8 Å². The molecule has 0 fully saturated rings. The average molecular weight is 300 g/mol. The smallest absolute Gasteiger partial charge is 0.194 e. The topological polar surface area (TPSA) is 140 Å². The summed E-state index contributed by atoms with van der Waals surface area (Å²) >= 11 is 0. The first-order chi connectivity index (χ1) is 9.81. The van der Waals surface area contributed by atoms with E-state index in [4.69, 9.17) is 15.8 Å². The number of rotatable bonds is 6. The monoisotopic (exact) mass is 300 g/mol. The van der Waals surface area contributed by atoms with Crippen LogP contribution in [0.4, 0.5) is 0 Å². The first-order valence-corrected chi connectivity index (χ1v) is 5.52. The molecule has 0 amide bonds. The van der Waals surface area contributed by atoms with Crippen molar-refractivity contribution in [2.24, 2.45) is 0 Å². The van der Waals surface area contributed by atoms with E-state index in [1.807, 2.05) is 0 Å². The minimum atomic E-state index is -0.780. The van der Waals surface area contributed by atoms with Crippen LogP contribution in [0.3, 0.4) is 0 Å². The Morgan fingerprint density at radius 1 is 0.619 bits per heavy atom. The normalized spacial score (nSPS) is 10.0. The maximum absolute atomic E-state index is 11.6. The first kappa shape index (κ1) is 16.6. The SMILES string of the molecule is CC(=O)c1c(OO)c(C(C)=O)c(OO)c(C(C)=O)c1OO. The van der Waals surface area contributed by atoms with Crippen LogP contribution >= 0.6 is 0 Å². The van der Waals surface area contributed by atoms with Crippen LogP contribution in [-0.2, 0) is 0 Å². The van der Waals surface area contributed by atoms with Crippen molar-refractivity contribution in [3.8, 4) is 17.2 Å². The summed E-state index contributed by atoms with van der Waals surface area (Å²) in [5.41, 5.74) is -1.68. The minimum Gasteiger partial charge on any atom is -0.338 e. The molecule has 9 nitrogen and oxygen atoms in total. The Bertz CT molecular complexity index is 511. The Morgan fingerprint density at radius 2 is 0.810 bits per heavy atom. The number of hydrogen-bond donors (Lipinski definition) is 3. The lowest BCUT2D eigenvalue weighted by atomic mass is 9.94. The summed E-state index contributed by atoms with van der Waals surface area (Å²) < 4.78 is 0. The van der Waals surface area contributed by atoms with E-state index in [-0.39, 0.29) is 0 Å². The lowest BCUT2D eigenvalue weighted by Gasteiger charge is -2.17. The Balaban J connectivity index is 4.11. The lowest BCUT2D eigenvalue weighted by molar-refractivity contribution is -0.153. The molecule has 0 spiro atoms. The molecule has 0 saturated carbocycles. The maximum atomic E-state index is 11.6. The first-order valence-electron chi connectivity index (χ1n) is 5.52. The second kappa shape index (κ2) is 6.31. The van der Waals surface area contributed by atoms with Crippen molar-refractivity contribution >= 4 is 17.3 Å². The second-order valence-corrected chi connectivity index (χ2v) is 4.05. The zero-order valence-electron chi connectivity index (χ0n) is 11.3. The quantitative estimate of drug-likeness (QED) is 0.407. The summed E-state index contributed by atoms with van der Waals surface area (Å²) in [6.45, 7) is 3.06. The maximum Gasteiger partial charge on any atom is 0.194 e. The third-order valence-corrected chi connectivity index (χ3v) is 2.69. The summed E-state index contributed by atoms with van der Waals surface area (Å²) in [5, 5.41) is 26.7. The summed E-state index contributed by atoms with van der Waals surface area (Å²) in [6, 6.07) is 0. The van der Waals surface area contributed by atoms with E-state index in [2.05, 4.69) is 14.7 Å². The molecule has 0 aliphatic carbocycles. The van der Waals surface area contributed by atoms with E-state index in [0.717, 1.165) is 20.8 Å². The molecule has 0 atom stereocenters. The molecule has 1 aromatic carbocycles. The molecular weight excluding hydrogens is 288 g/mol. The van der Waals surface area contributed by atoms with Crippen LogP contribution in [0.25, 0.3) is 0 Å². The fourth-order valence-corrected chi connectivity index (χ4v) is 1.92. The number of carbonyl (C=O) groups is 3. The molecule has 0 bridgehead atoms. The van der Waals surface area contributed by atoms with Crippen LogP contribution in [0, 0.1) is 0 Å². The molecule has 0 heterocycles. The zero-order valence-corrected chi connectivity index (χ0v) is 11.3. The van der Waals surface area contributed by atoms with Crippen molar-refractivity contribution in [2.75, 3.05) is 0 Å². The highest BCUT2D eigenvalue weighted by atomic mass is 17.1. The minimum absolute atomic E-state index is 0.559. The van der Waals surface area contributed by atoms with E-state index in [1.54, 1.807) is 0 Å². The molecule has 0 saturated heterocycles. The third-order valence-electron chi connectivity index (χ3n) is 2.69. The van der Waals surface area contributed by atoms with Crippen molar-refractivity contribution in [1.29, 1.82) is 0 Å². The molecular formula is C12H12O9. The largest absolute Gasteiger partial charge is 0.338 e. The van der Waals surface area contributed by atoms with Crippen LogP contribution < -0.4 is 14.7 Å². The Hall–Kier alpha value is -2.49. The standard InChI is InChI=1S/C12H12O9/c1-4(13)7-10(19-16)8(5(2)14)12(21-18)9(6(3)15)11(7)20-17/h16-18H,1-3H3. The van der Waals surface area contributed by atoms with Crippen LogP contribution in [0.5, 0.6) is 17.2 Å². The molecule has 0 aliphatic heterocycles. The van der Waals surface area contributed by atoms with Gasteiger partial charge in [-0.1, -0.05) is 0 Å². The van der Waals surface area contributed by atoms with Gasteiger partial charge in [-0.2, -0.15) is 0 Å². The number of benzene rings is 1. The van der Waals surface area contributed by atoms with E-state index >= 15 is 0 Å². The second-order valence-electron chi connectivity index (χ2n) is 4.05. The molecule has 1 aromatic rings. The molecule has 1 rings (SSSR count). The van der Waals surface area contributed by atoms with Gasteiger partial charge < -0.3 is 14.7 Å². The van der Waals surface area contributed by atoms with Gasteiger partial charge in [0.15, 0.2) is 34.6 Å². The number of hydrogen-bond acceptors (Lipinski definition) is 9. The summed E-state index contributed by atoms with van der Waals surface area (Å²) in [6.07, 6.45) is 0. The Labute approximate surface area is 118 Å². The highest BCUT2D eigenvalue weighted by Gasteiger charge is 2.34. The zero-order chi connectivity index (χ0) is 16.3. The van der Waals surface area contributed by atoms with Gasteiger partial charge in [-0.15, -0.1) is 0 Å². The number of Topliss-reactive ketones (excluding diaryl/α,β-unsaturated/α-hetero) is 3. The fraction of sp³-hybridized carbons (Fsp3) is 0.250. The van der Waals surface area contributed by atoms with Gasteiger partial charge >= 0.3 is 0 Å². The van der Waals surface area contributed by atoms with E-state index in [0.29, 0.717) is 0 Å². The van der Waals surface area contributed by atoms with Gasteiger partial charge in [-0.05, 0) is 20.8 Å². The Morgan fingerprint density at radius 3 is 0.905 bits per heavy atom. The highest BCUT2D eigenvalue weighted by Crippen LogP contribution is 2.44. The molecule has 0 unspecified atom stereocenters. The van der Waals surface area contributed by atoms with Gasteiger partial charge in [0.25, 0.3) is 0 Å². The molecule has 0 aliphatic rings. The van der Waals surface area contributed by atoms with E-state index in [1.165, 1.54) is 0 Å². The molecule has 114 valence electrons. The van der Waals surface area contributed by atoms with Gasteiger partial charge in [-0.25, -0.2) is 15.8 Å². The van der Waals surface area contributed by atoms with Crippen LogP contribution in [0.15, 0.2) is 0 Å². The van der Waals surface area contributed by atoms with Crippen LogP contribution in [-0.4, -0.2) is 33.1 Å². The average Bonchev–Trinajstić information content (AvgIpc) is 2.42. The highest BCUT2D eigenvalue weighted by molar-refractivity contribution is 6.13. The van der Waals surface area contributed by atoms with Gasteiger partial charge in [0, 0.05) is 0 Å². The van der Waals surface area contributed by atoms with E-state index < -0.39 is 51.3 Å². The predicted molar refractivity (Wildman–Crippen MR) is 66.2 cm³/mol. The van der Waals surface area contributed by atoms with Gasteiger partial charge in [0.1, 0.15) is 16.7 Å². The van der Waals surface area contributed by atoms with Crippen molar-refractivity contribution in [3.63, 3.8) is 0 Å². The van der Waals surface area contributed by atoms with Gasteiger partial charge in [-0.3, -0.25) is 14.4 Å². The third kappa shape index (κ3) is 2.70. The van der Waals surface area contributed by atoms with Gasteiger partial charge in [0.2, 0.25) is 0 Å². The lowest BCUT2D eigenvalue weighted by Crippen LogP contribution is -2.14. The fourth-order valence-electron chi connectivity index (χ4n) is 1.92. The molecule has 0 aromatic heterocycles.